The molecule has 0 fully saturated rings. The molecule has 3 N–H and O–H groups in total. The summed E-state index contributed by atoms with van der Waals surface area (Å²) in [5.74, 6) is 0.374. The van der Waals surface area contributed by atoms with Crippen LogP contribution >= 0.6 is 0 Å². The summed E-state index contributed by atoms with van der Waals surface area (Å²) < 4.78 is 0. The largest absolute Gasteiger partial charge is 0.393 e. The second-order valence-corrected chi connectivity index (χ2v) is 3.59. The van der Waals surface area contributed by atoms with Crippen LogP contribution in [0.4, 0.5) is 0 Å². The monoisotopic (exact) mass is 185 g/mol. The molecule has 0 aromatic heterocycles. The predicted octanol–water partition coefficient (Wildman–Crippen LogP) is 2.08. The summed E-state index contributed by atoms with van der Waals surface area (Å²) in [4.78, 5) is 0. The first-order valence-corrected chi connectivity index (χ1v) is 5.25. The van der Waals surface area contributed by atoms with Crippen LogP contribution in [0.2, 0.25) is 0 Å². The molecule has 0 aliphatic heterocycles. The third-order valence-corrected chi connectivity index (χ3v) is 2.32. The van der Waals surface area contributed by atoms with Gasteiger partial charge in [-0.2, -0.15) is 0 Å². The number of hydrogen-bond acceptors (Lipinski definition) is 2. The first kappa shape index (κ1) is 12.7. The van der Waals surface area contributed by atoms with Crippen molar-refractivity contribution in [2.45, 2.75) is 45.6 Å². The van der Waals surface area contributed by atoms with Gasteiger partial charge in [0.05, 0.1) is 6.10 Å². The van der Waals surface area contributed by atoms with E-state index < -0.39 is 0 Å². The van der Waals surface area contributed by atoms with E-state index in [0.717, 1.165) is 32.2 Å². The van der Waals surface area contributed by atoms with Crippen LogP contribution in [-0.4, -0.2) is 17.8 Å². The number of aliphatic hydroxyl groups excluding tert-OH is 1. The summed E-state index contributed by atoms with van der Waals surface area (Å²) >= 11 is 0. The first-order chi connectivity index (χ1) is 6.22. The number of unbranched alkanes of at least 4 members (excludes halogenated alkanes) is 1. The Kier molecular flexibility index (Phi) is 8.05. The highest BCUT2D eigenvalue weighted by Crippen LogP contribution is 2.11. The standard InChI is InChI=1S/C11H23NO/c1-3-11(13)10(2)8-6-4-5-7-9-12/h4,6,10-11,13H,3,5,7-9,12H2,1-2H3. The van der Waals surface area contributed by atoms with Gasteiger partial charge in [-0.05, 0) is 38.1 Å². The molecule has 0 bridgehead atoms. The average molecular weight is 185 g/mol. The lowest BCUT2D eigenvalue weighted by atomic mass is 9.99. The molecule has 2 atom stereocenters. The van der Waals surface area contributed by atoms with Gasteiger partial charge in [-0.15, -0.1) is 0 Å². The summed E-state index contributed by atoms with van der Waals surface area (Å²) in [5, 5.41) is 9.48. The zero-order chi connectivity index (χ0) is 10.1. The maximum atomic E-state index is 9.48. The zero-order valence-corrected chi connectivity index (χ0v) is 8.87. The molecule has 0 rings (SSSR count). The average Bonchev–Trinajstić information content (AvgIpc) is 2.16. The summed E-state index contributed by atoms with van der Waals surface area (Å²) in [5.41, 5.74) is 5.37. The maximum Gasteiger partial charge on any atom is 0.0566 e. The zero-order valence-electron chi connectivity index (χ0n) is 8.87. The van der Waals surface area contributed by atoms with Gasteiger partial charge in [0.25, 0.3) is 0 Å². The molecule has 2 heteroatoms. The van der Waals surface area contributed by atoms with E-state index in [1.165, 1.54) is 0 Å². The number of hydrogen-bond donors (Lipinski definition) is 2. The van der Waals surface area contributed by atoms with Gasteiger partial charge in [0, 0.05) is 0 Å². The summed E-state index contributed by atoms with van der Waals surface area (Å²) in [6.45, 7) is 4.86. The van der Waals surface area contributed by atoms with Crippen molar-refractivity contribution < 1.29 is 5.11 Å². The van der Waals surface area contributed by atoms with E-state index in [-0.39, 0.29) is 6.10 Å². The number of nitrogens with two attached hydrogens (primary N) is 1. The van der Waals surface area contributed by atoms with E-state index in [2.05, 4.69) is 19.1 Å². The Labute approximate surface area is 81.8 Å². The van der Waals surface area contributed by atoms with E-state index >= 15 is 0 Å². The van der Waals surface area contributed by atoms with Crippen molar-refractivity contribution in [3.8, 4) is 0 Å². The van der Waals surface area contributed by atoms with Crippen molar-refractivity contribution in [3.63, 3.8) is 0 Å². The highest BCUT2D eigenvalue weighted by atomic mass is 16.3. The predicted molar refractivity (Wildman–Crippen MR) is 57.5 cm³/mol. The summed E-state index contributed by atoms with van der Waals surface area (Å²) in [7, 11) is 0. The van der Waals surface area contributed by atoms with E-state index in [0.29, 0.717) is 5.92 Å². The molecule has 0 aliphatic rings. The second kappa shape index (κ2) is 8.27. The molecule has 78 valence electrons. The third kappa shape index (κ3) is 6.79. The number of allylic oxidation sites excluding steroid dienone is 2. The summed E-state index contributed by atoms with van der Waals surface area (Å²) in [6.07, 6.45) is 8.09. The highest BCUT2D eigenvalue weighted by Gasteiger charge is 2.09. The van der Waals surface area contributed by atoms with Crippen LogP contribution in [0, 0.1) is 5.92 Å². The Morgan fingerprint density at radius 3 is 2.62 bits per heavy atom. The minimum absolute atomic E-state index is 0.154. The Bertz CT molecular complexity index is 134. The van der Waals surface area contributed by atoms with Crippen molar-refractivity contribution in [1.82, 2.24) is 0 Å². The smallest absolute Gasteiger partial charge is 0.0566 e. The van der Waals surface area contributed by atoms with E-state index in [1.54, 1.807) is 0 Å². The van der Waals surface area contributed by atoms with Crippen molar-refractivity contribution in [2.24, 2.45) is 11.7 Å². The van der Waals surface area contributed by atoms with Crippen LogP contribution < -0.4 is 5.73 Å². The lowest BCUT2D eigenvalue weighted by Crippen LogP contribution is -2.15. The second-order valence-electron chi connectivity index (χ2n) is 3.59. The molecule has 0 radical (unpaired) electrons. The third-order valence-electron chi connectivity index (χ3n) is 2.32. The maximum absolute atomic E-state index is 9.48. The molecule has 0 saturated heterocycles. The van der Waals surface area contributed by atoms with Crippen LogP contribution in [-0.2, 0) is 0 Å². The van der Waals surface area contributed by atoms with Crippen LogP contribution in [0.25, 0.3) is 0 Å². The van der Waals surface area contributed by atoms with Gasteiger partial charge < -0.3 is 10.8 Å². The molecule has 2 nitrogen and oxygen atoms in total. The van der Waals surface area contributed by atoms with Crippen LogP contribution in [0.15, 0.2) is 12.2 Å². The number of rotatable bonds is 7. The minimum atomic E-state index is -0.154. The Balaban J connectivity index is 3.45. The summed E-state index contributed by atoms with van der Waals surface area (Å²) in [6, 6.07) is 0. The fourth-order valence-electron chi connectivity index (χ4n) is 1.22. The molecule has 0 saturated carbocycles. The molecular weight excluding hydrogens is 162 g/mol. The Morgan fingerprint density at radius 2 is 2.08 bits per heavy atom. The van der Waals surface area contributed by atoms with Crippen molar-refractivity contribution in [1.29, 1.82) is 0 Å². The van der Waals surface area contributed by atoms with Crippen molar-refractivity contribution >= 4 is 0 Å². The van der Waals surface area contributed by atoms with Gasteiger partial charge in [0.1, 0.15) is 0 Å². The van der Waals surface area contributed by atoms with Gasteiger partial charge in [0.2, 0.25) is 0 Å². The van der Waals surface area contributed by atoms with Gasteiger partial charge in [0.15, 0.2) is 0 Å². The molecule has 2 unspecified atom stereocenters. The topological polar surface area (TPSA) is 46.2 Å². The molecule has 0 heterocycles. The molecule has 0 amide bonds. The fraction of sp³-hybridized carbons (Fsp3) is 0.818. The molecule has 13 heavy (non-hydrogen) atoms. The molecule has 0 spiro atoms. The first-order valence-electron chi connectivity index (χ1n) is 5.25. The Morgan fingerprint density at radius 1 is 1.38 bits per heavy atom. The van der Waals surface area contributed by atoms with Crippen LogP contribution in [0.5, 0.6) is 0 Å². The van der Waals surface area contributed by atoms with E-state index in [1.807, 2.05) is 6.92 Å². The lowest BCUT2D eigenvalue weighted by molar-refractivity contribution is 0.114. The lowest BCUT2D eigenvalue weighted by Gasteiger charge is -2.14. The van der Waals surface area contributed by atoms with Crippen molar-refractivity contribution in [2.75, 3.05) is 6.54 Å². The molecule has 0 aromatic carbocycles. The van der Waals surface area contributed by atoms with Gasteiger partial charge in [-0.3, -0.25) is 0 Å². The molecular formula is C11H23NO. The quantitative estimate of drug-likeness (QED) is 0.471. The van der Waals surface area contributed by atoms with E-state index in [9.17, 15) is 5.11 Å². The van der Waals surface area contributed by atoms with Gasteiger partial charge in [-0.25, -0.2) is 0 Å². The molecule has 0 aromatic rings. The minimum Gasteiger partial charge on any atom is -0.393 e. The fourth-order valence-corrected chi connectivity index (χ4v) is 1.22. The molecule has 0 aliphatic carbocycles. The van der Waals surface area contributed by atoms with Gasteiger partial charge >= 0.3 is 0 Å². The van der Waals surface area contributed by atoms with Gasteiger partial charge in [-0.1, -0.05) is 26.0 Å². The normalized spacial score (nSPS) is 16.3. The highest BCUT2D eigenvalue weighted by molar-refractivity contribution is 4.84. The Hall–Kier alpha value is -0.340. The number of aliphatic hydroxyl groups is 1. The SMILES string of the molecule is CCC(O)C(C)CC=CCCCN. The van der Waals surface area contributed by atoms with Crippen LogP contribution in [0.3, 0.4) is 0 Å². The van der Waals surface area contributed by atoms with Crippen molar-refractivity contribution in [3.05, 3.63) is 12.2 Å². The van der Waals surface area contributed by atoms with E-state index in [4.69, 9.17) is 5.73 Å². The van der Waals surface area contributed by atoms with Crippen LogP contribution in [0.1, 0.15) is 39.5 Å².